The summed E-state index contributed by atoms with van der Waals surface area (Å²) in [4.78, 5) is 12.1. The summed E-state index contributed by atoms with van der Waals surface area (Å²) in [5.41, 5.74) is 1.41. The van der Waals surface area contributed by atoms with E-state index in [2.05, 4.69) is 5.32 Å². The number of carbonyl (C=O) groups excluding carboxylic acids is 1. The fraction of sp³-hybridized carbons (Fsp3) is 0.316. The number of hydrogen-bond acceptors (Lipinski definition) is 4. The average molecular weight is 374 g/mol. The molecule has 3 N–H and O–H groups in total. The predicted molar refractivity (Wildman–Crippen MR) is 99.3 cm³/mol. The van der Waals surface area contributed by atoms with Crippen molar-refractivity contribution in [1.29, 1.82) is 0 Å². The summed E-state index contributed by atoms with van der Waals surface area (Å²) in [6.45, 7) is 0. The third-order valence-electron chi connectivity index (χ3n) is 4.47. The van der Waals surface area contributed by atoms with Crippen LogP contribution < -0.4 is 15.2 Å². The van der Waals surface area contributed by atoms with Crippen LogP contribution in [0.3, 0.4) is 0 Å². The van der Waals surface area contributed by atoms with Crippen molar-refractivity contribution in [1.82, 2.24) is 5.32 Å². The quantitative estimate of drug-likeness (QED) is 0.856. The molecule has 6 nitrogen and oxygen atoms in total. The molecular formula is C19H22N2O4S. The van der Waals surface area contributed by atoms with Crippen LogP contribution in [0.25, 0.3) is 11.1 Å². The molecule has 2 aromatic rings. The van der Waals surface area contributed by atoms with Gasteiger partial charge in [-0.15, -0.1) is 0 Å². The van der Waals surface area contributed by atoms with Crippen LogP contribution in [0, 0.1) is 0 Å². The van der Waals surface area contributed by atoms with Gasteiger partial charge >= 0.3 is 6.09 Å². The highest BCUT2D eigenvalue weighted by Crippen LogP contribution is 2.26. The molecule has 138 valence electrons. The van der Waals surface area contributed by atoms with E-state index in [0.717, 1.165) is 31.2 Å². The van der Waals surface area contributed by atoms with Crippen molar-refractivity contribution in [2.24, 2.45) is 5.14 Å². The van der Waals surface area contributed by atoms with Gasteiger partial charge in [0.2, 0.25) is 10.0 Å². The first kappa shape index (κ1) is 18.4. The molecule has 1 saturated carbocycles. The van der Waals surface area contributed by atoms with Gasteiger partial charge in [0.25, 0.3) is 0 Å². The van der Waals surface area contributed by atoms with Gasteiger partial charge in [-0.2, -0.15) is 0 Å². The lowest BCUT2D eigenvalue weighted by Gasteiger charge is -2.22. The Morgan fingerprint density at radius 1 is 1.00 bits per heavy atom. The average Bonchev–Trinajstić information content (AvgIpc) is 2.62. The normalized spacial score (nSPS) is 15.4. The minimum absolute atomic E-state index is 0.0383. The van der Waals surface area contributed by atoms with Crippen molar-refractivity contribution in [3.63, 3.8) is 0 Å². The van der Waals surface area contributed by atoms with Crippen LogP contribution in [0.1, 0.15) is 32.1 Å². The highest BCUT2D eigenvalue weighted by Gasteiger charge is 2.17. The Morgan fingerprint density at radius 3 is 2.35 bits per heavy atom. The van der Waals surface area contributed by atoms with Crippen LogP contribution in [-0.2, 0) is 10.0 Å². The van der Waals surface area contributed by atoms with E-state index in [1.54, 1.807) is 30.3 Å². The first-order chi connectivity index (χ1) is 12.4. The third kappa shape index (κ3) is 4.83. The molecule has 0 heterocycles. The van der Waals surface area contributed by atoms with Gasteiger partial charge in [0.15, 0.2) is 0 Å². The van der Waals surface area contributed by atoms with Crippen LogP contribution in [0.15, 0.2) is 53.4 Å². The van der Waals surface area contributed by atoms with Gasteiger partial charge in [0.1, 0.15) is 5.75 Å². The largest absolute Gasteiger partial charge is 0.412 e. The number of amides is 1. The Kier molecular flexibility index (Phi) is 5.58. The number of primary sulfonamides is 1. The molecule has 0 unspecified atom stereocenters. The number of ether oxygens (including phenoxy) is 1. The molecule has 26 heavy (non-hydrogen) atoms. The van der Waals surface area contributed by atoms with E-state index < -0.39 is 16.1 Å². The minimum atomic E-state index is -3.77. The maximum Gasteiger partial charge on any atom is 0.412 e. The molecule has 1 amide bonds. The molecule has 3 rings (SSSR count). The van der Waals surface area contributed by atoms with Gasteiger partial charge in [-0.1, -0.05) is 43.5 Å². The van der Waals surface area contributed by atoms with E-state index in [1.807, 2.05) is 6.07 Å². The Bertz CT molecular complexity index is 890. The maximum atomic E-state index is 12.1. The van der Waals surface area contributed by atoms with E-state index in [-0.39, 0.29) is 10.9 Å². The number of sulfonamides is 1. The van der Waals surface area contributed by atoms with Crippen LogP contribution in [-0.4, -0.2) is 20.6 Å². The lowest BCUT2D eigenvalue weighted by Crippen LogP contribution is -2.37. The zero-order chi connectivity index (χ0) is 18.6. The van der Waals surface area contributed by atoms with Crippen LogP contribution in [0.4, 0.5) is 4.79 Å². The molecular weight excluding hydrogens is 352 g/mol. The molecule has 0 saturated heterocycles. The van der Waals surface area contributed by atoms with Gasteiger partial charge in [0.05, 0.1) is 4.90 Å². The molecule has 1 aliphatic carbocycles. The van der Waals surface area contributed by atoms with E-state index in [4.69, 9.17) is 9.88 Å². The van der Waals surface area contributed by atoms with Crippen molar-refractivity contribution in [2.75, 3.05) is 0 Å². The molecule has 0 bridgehead atoms. The Morgan fingerprint density at radius 2 is 1.65 bits per heavy atom. The van der Waals surface area contributed by atoms with Gasteiger partial charge < -0.3 is 10.1 Å². The number of benzene rings is 2. The van der Waals surface area contributed by atoms with Crippen molar-refractivity contribution in [2.45, 2.75) is 43.0 Å². The lowest BCUT2D eigenvalue weighted by molar-refractivity contribution is 0.192. The Hall–Kier alpha value is -2.38. The van der Waals surface area contributed by atoms with Crippen LogP contribution in [0.5, 0.6) is 5.75 Å². The highest BCUT2D eigenvalue weighted by molar-refractivity contribution is 7.89. The number of hydrogen-bond donors (Lipinski definition) is 2. The number of nitrogens with one attached hydrogen (secondary N) is 1. The topological polar surface area (TPSA) is 98.5 Å². The summed E-state index contributed by atoms with van der Waals surface area (Å²) in [7, 11) is -3.77. The SMILES string of the molecule is NS(=O)(=O)c1cccc(-c2cccc(OC(=O)NC3CCCCC3)c2)c1. The van der Waals surface area contributed by atoms with Gasteiger partial charge in [-0.3, -0.25) is 0 Å². The fourth-order valence-electron chi connectivity index (χ4n) is 3.14. The summed E-state index contributed by atoms with van der Waals surface area (Å²) in [6, 6.07) is 13.5. The molecule has 1 fully saturated rings. The summed E-state index contributed by atoms with van der Waals surface area (Å²) < 4.78 is 28.4. The lowest BCUT2D eigenvalue weighted by atomic mass is 9.96. The van der Waals surface area contributed by atoms with Gasteiger partial charge in [-0.25, -0.2) is 18.4 Å². The molecule has 0 aromatic heterocycles. The smallest absolute Gasteiger partial charge is 0.410 e. The number of rotatable bonds is 4. The Balaban J connectivity index is 1.73. The van der Waals surface area contributed by atoms with E-state index in [1.165, 1.54) is 18.6 Å². The predicted octanol–water partition coefficient (Wildman–Crippen LogP) is 3.42. The summed E-state index contributed by atoms with van der Waals surface area (Å²) in [6.07, 6.45) is 4.96. The summed E-state index contributed by atoms with van der Waals surface area (Å²) in [5.74, 6) is 0.400. The van der Waals surface area contributed by atoms with Crippen LogP contribution in [0.2, 0.25) is 0 Å². The molecule has 0 atom stereocenters. The van der Waals surface area contributed by atoms with Crippen molar-refractivity contribution in [3.8, 4) is 16.9 Å². The van der Waals surface area contributed by atoms with Gasteiger partial charge in [0, 0.05) is 6.04 Å². The zero-order valence-corrected chi connectivity index (χ0v) is 15.2. The summed E-state index contributed by atoms with van der Waals surface area (Å²) in [5, 5.41) is 8.08. The Labute approximate surface area is 153 Å². The molecule has 7 heteroatoms. The van der Waals surface area contributed by atoms with Crippen LogP contribution >= 0.6 is 0 Å². The fourth-order valence-corrected chi connectivity index (χ4v) is 3.70. The van der Waals surface area contributed by atoms with Crippen molar-refractivity contribution < 1.29 is 17.9 Å². The van der Waals surface area contributed by atoms with Gasteiger partial charge in [-0.05, 0) is 48.2 Å². The standard InChI is InChI=1S/C19H22N2O4S/c20-26(23,24)18-11-5-7-15(13-18)14-6-4-10-17(12-14)25-19(22)21-16-8-2-1-3-9-16/h4-7,10-13,16H,1-3,8-9H2,(H,21,22)(H2,20,23,24). The third-order valence-corrected chi connectivity index (χ3v) is 5.38. The van der Waals surface area contributed by atoms with E-state index in [9.17, 15) is 13.2 Å². The van der Waals surface area contributed by atoms with E-state index in [0.29, 0.717) is 11.3 Å². The number of nitrogens with two attached hydrogens (primary N) is 1. The second kappa shape index (κ2) is 7.88. The first-order valence-electron chi connectivity index (χ1n) is 8.63. The molecule has 2 aromatic carbocycles. The highest BCUT2D eigenvalue weighted by atomic mass is 32.2. The first-order valence-corrected chi connectivity index (χ1v) is 10.2. The van der Waals surface area contributed by atoms with E-state index >= 15 is 0 Å². The second-order valence-corrected chi connectivity index (χ2v) is 8.03. The molecule has 0 aliphatic heterocycles. The van der Waals surface area contributed by atoms with Crippen molar-refractivity contribution in [3.05, 3.63) is 48.5 Å². The molecule has 0 radical (unpaired) electrons. The molecule has 0 spiro atoms. The molecule has 1 aliphatic rings. The minimum Gasteiger partial charge on any atom is -0.410 e. The summed E-state index contributed by atoms with van der Waals surface area (Å²) >= 11 is 0. The number of carbonyl (C=O) groups is 1. The monoisotopic (exact) mass is 374 g/mol. The van der Waals surface area contributed by atoms with Crippen molar-refractivity contribution >= 4 is 16.1 Å². The second-order valence-electron chi connectivity index (χ2n) is 6.47. The maximum absolute atomic E-state index is 12.1. The zero-order valence-electron chi connectivity index (χ0n) is 14.4.